The number of carbonyl (C=O) groups excluding carboxylic acids is 1. The van der Waals surface area contributed by atoms with Gasteiger partial charge in [-0.2, -0.15) is 0 Å². The monoisotopic (exact) mass is 361 g/mol. The Labute approximate surface area is 157 Å². The van der Waals surface area contributed by atoms with Gasteiger partial charge in [0, 0.05) is 13.1 Å². The fraction of sp³-hybridized carbons (Fsp3) is 0.136. The minimum atomic E-state index is -0.170. The lowest BCUT2D eigenvalue weighted by atomic mass is 9.98. The number of benzene rings is 3. The van der Waals surface area contributed by atoms with E-state index in [0.717, 1.165) is 11.1 Å². The highest BCUT2D eigenvalue weighted by Gasteiger charge is 2.25. The van der Waals surface area contributed by atoms with Crippen LogP contribution in [0.3, 0.4) is 0 Å². The third-order valence-electron chi connectivity index (χ3n) is 4.68. The molecule has 0 aliphatic carbocycles. The van der Waals surface area contributed by atoms with E-state index in [1.54, 1.807) is 23.1 Å². The van der Waals surface area contributed by atoms with Crippen molar-refractivity contribution in [3.8, 4) is 23.0 Å². The molecule has 0 bridgehead atoms. The van der Waals surface area contributed by atoms with E-state index < -0.39 is 0 Å². The van der Waals surface area contributed by atoms with Crippen LogP contribution >= 0.6 is 0 Å². The summed E-state index contributed by atoms with van der Waals surface area (Å²) < 4.78 is 5.91. The Bertz CT molecular complexity index is 985. The molecule has 0 fully saturated rings. The molecule has 0 saturated carbocycles. The van der Waals surface area contributed by atoms with Gasteiger partial charge in [0.15, 0.2) is 11.5 Å². The zero-order valence-corrected chi connectivity index (χ0v) is 14.6. The van der Waals surface area contributed by atoms with E-state index in [1.807, 2.05) is 42.5 Å². The van der Waals surface area contributed by atoms with Gasteiger partial charge in [-0.25, -0.2) is 0 Å². The molecule has 0 spiro atoms. The van der Waals surface area contributed by atoms with Crippen molar-refractivity contribution in [2.45, 2.75) is 13.0 Å². The number of amides is 1. The zero-order chi connectivity index (χ0) is 18.8. The molecule has 5 heteroatoms. The maximum absolute atomic E-state index is 13.1. The van der Waals surface area contributed by atoms with Gasteiger partial charge in [-0.15, -0.1) is 0 Å². The van der Waals surface area contributed by atoms with Gasteiger partial charge >= 0.3 is 0 Å². The number of fused-ring (bicyclic) bond motifs is 1. The fourth-order valence-corrected chi connectivity index (χ4v) is 3.27. The standard InChI is InChI=1S/C22H19NO4/c24-19-12-15-10-11-23(14-16(15)13-20(19)25)22(26)18-8-4-5-9-21(18)27-17-6-2-1-3-7-17/h1-9,12-13,24-25H,10-11,14H2. The first-order chi connectivity index (χ1) is 13.1. The van der Waals surface area contributed by atoms with E-state index in [4.69, 9.17) is 4.74 Å². The number of rotatable bonds is 3. The van der Waals surface area contributed by atoms with Crippen molar-refractivity contribution in [3.63, 3.8) is 0 Å². The summed E-state index contributed by atoms with van der Waals surface area (Å²) in [5.41, 5.74) is 2.28. The van der Waals surface area contributed by atoms with Crippen LogP contribution in [0.2, 0.25) is 0 Å². The first-order valence-corrected chi connectivity index (χ1v) is 8.77. The van der Waals surface area contributed by atoms with Gasteiger partial charge in [-0.05, 0) is 53.9 Å². The predicted molar refractivity (Wildman–Crippen MR) is 101 cm³/mol. The van der Waals surface area contributed by atoms with Crippen molar-refractivity contribution in [3.05, 3.63) is 83.4 Å². The third-order valence-corrected chi connectivity index (χ3v) is 4.68. The second kappa shape index (κ2) is 7.03. The SMILES string of the molecule is O=C(c1ccccc1Oc1ccccc1)N1CCc2cc(O)c(O)cc2C1. The average Bonchev–Trinajstić information content (AvgIpc) is 2.69. The molecule has 0 unspecified atom stereocenters. The molecule has 27 heavy (non-hydrogen) atoms. The highest BCUT2D eigenvalue weighted by molar-refractivity contribution is 5.97. The lowest BCUT2D eigenvalue weighted by Gasteiger charge is -2.29. The zero-order valence-electron chi connectivity index (χ0n) is 14.6. The quantitative estimate of drug-likeness (QED) is 0.690. The van der Waals surface area contributed by atoms with Crippen LogP contribution in [0.4, 0.5) is 0 Å². The smallest absolute Gasteiger partial charge is 0.257 e. The molecule has 3 aromatic rings. The molecule has 2 N–H and O–H groups in total. The number of hydrogen-bond acceptors (Lipinski definition) is 4. The summed E-state index contributed by atoms with van der Waals surface area (Å²) in [5, 5.41) is 19.4. The molecule has 5 nitrogen and oxygen atoms in total. The summed E-state index contributed by atoms with van der Waals surface area (Å²) in [7, 11) is 0. The van der Waals surface area contributed by atoms with Crippen molar-refractivity contribution in [1.29, 1.82) is 0 Å². The summed E-state index contributed by atoms with van der Waals surface area (Å²) in [6.45, 7) is 0.914. The van der Waals surface area contributed by atoms with E-state index >= 15 is 0 Å². The maximum Gasteiger partial charge on any atom is 0.257 e. The van der Waals surface area contributed by atoms with Gasteiger partial charge in [0.1, 0.15) is 11.5 Å². The van der Waals surface area contributed by atoms with Gasteiger partial charge < -0.3 is 19.8 Å². The van der Waals surface area contributed by atoms with Crippen molar-refractivity contribution in [1.82, 2.24) is 4.90 Å². The summed E-state index contributed by atoms with van der Waals surface area (Å²) in [4.78, 5) is 14.8. The Hall–Kier alpha value is -3.47. The molecule has 4 rings (SSSR count). The van der Waals surface area contributed by atoms with E-state index in [0.29, 0.717) is 36.6 Å². The molecule has 0 atom stereocenters. The molecule has 136 valence electrons. The van der Waals surface area contributed by atoms with E-state index in [-0.39, 0.29) is 17.4 Å². The van der Waals surface area contributed by atoms with E-state index in [2.05, 4.69) is 0 Å². The van der Waals surface area contributed by atoms with Crippen LogP contribution in [0.25, 0.3) is 0 Å². The number of hydrogen-bond donors (Lipinski definition) is 2. The second-order valence-electron chi connectivity index (χ2n) is 6.50. The fourth-order valence-electron chi connectivity index (χ4n) is 3.27. The van der Waals surface area contributed by atoms with E-state index in [1.165, 1.54) is 6.07 Å². The Morgan fingerprint density at radius 2 is 1.56 bits per heavy atom. The molecule has 0 radical (unpaired) electrons. The summed E-state index contributed by atoms with van der Waals surface area (Å²) in [6, 6.07) is 19.6. The van der Waals surface area contributed by atoms with Crippen LogP contribution in [-0.2, 0) is 13.0 Å². The van der Waals surface area contributed by atoms with E-state index in [9.17, 15) is 15.0 Å². The van der Waals surface area contributed by atoms with Crippen molar-refractivity contribution >= 4 is 5.91 Å². The number of carbonyl (C=O) groups is 1. The van der Waals surface area contributed by atoms with Crippen LogP contribution in [-0.4, -0.2) is 27.6 Å². The van der Waals surface area contributed by atoms with Gasteiger partial charge in [0.25, 0.3) is 5.91 Å². The minimum absolute atomic E-state index is 0.125. The van der Waals surface area contributed by atoms with Crippen LogP contribution in [0, 0.1) is 0 Å². The van der Waals surface area contributed by atoms with Gasteiger partial charge in [0.05, 0.1) is 5.56 Å². The van der Waals surface area contributed by atoms with Gasteiger partial charge in [0.2, 0.25) is 0 Å². The molecule has 0 aromatic heterocycles. The molecule has 1 amide bonds. The first-order valence-electron chi connectivity index (χ1n) is 8.77. The number of phenolic OH excluding ortho intramolecular Hbond substituents is 2. The number of nitrogens with zero attached hydrogens (tertiary/aromatic N) is 1. The van der Waals surface area contributed by atoms with Crippen LogP contribution in [0.15, 0.2) is 66.7 Å². The summed E-state index contributed by atoms with van der Waals surface area (Å²) in [6.07, 6.45) is 0.622. The van der Waals surface area contributed by atoms with Crippen LogP contribution < -0.4 is 4.74 Å². The predicted octanol–water partition coefficient (Wildman–Crippen LogP) is 4.09. The Morgan fingerprint density at radius 1 is 0.889 bits per heavy atom. The number of para-hydroxylation sites is 2. The molecule has 1 aliphatic rings. The summed E-state index contributed by atoms with van der Waals surface area (Å²) >= 11 is 0. The molecule has 0 saturated heterocycles. The molecule has 1 heterocycles. The largest absolute Gasteiger partial charge is 0.504 e. The van der Waals surface area contributed by atoms with Crippen molar-refractivity contribution in [2.75, 3.05) is 6.54 Å². The average molecular weight is 361 g/mol. The van der Waals surface area contributed by atoms with Crippen LogP contribution in [0.1, 0.15) is 21.5 Å². The Balaban J connectivity index is 1.59. The van der Waals surface area contributed by atoms with Gasteiger partial charge in [-0.3, -0.25) is 4.79 Å². The van der Waals surface area contributed by atoms with Gasteiger partial charge in [-0.1, -0.05) is 30.3 Å². The third kappa shape index (κ3) is 3.44. The lowest BCUT2D eigenvalue weighted by molar-refractivity contribution is 0.0732. The lowest BCUT2D eigenvalue weighted by Crippen LogP contribution is -2.36. The Kier molecular flexibility index (Phi) is 4.42. The first kappa shape index (κ1) is 17.0. The van der Waals surface area contributed by atoms with Crippen molar-refractivity contribution < 1.29 is 19.7 Å². The molecule has 3 aromatic carbocycles. The molecular weight excluding hydrogens is 342 g/mol. The normalized spacial score (nSPS) is 13.1. The second-order valence-corrected chi connectivity index (χ2v) is 6.50. The van der Waals surface area contributed by atoms with Crippen LogP contribution in [0.5, 0.6) is 23.0 Å². The minimum Gasteiger partial charge on any atom is -0.504 e. The summed E-state index contributed by atoms with van der Waals surface area (Å²) in [5.74, 6) is 0.751. The highest BCUT2D eigenvalue weighted by Crippen LogP contribution is 2.33. The number of ether oxygens (including phenoxy) is 1. The highest BCUT2D eigenvalue weighted by atomic mass is 16.5. The Morgan fingerprint density at radius 3 is 2.33 bits per heavy atom. The number of aromatic hydroxyl groups is 2. The molecular formula is C22H19NO4. The maximum atomic E-state index is 13.1. The van der Waals surface area contributed by atoms with Crippen molar-refractivity contribution in [2.24, 2.45) is 0 Å². The topological polar surface area (TPSA) is 70.0 Å². The number of phenols is 2. The molecule has 1 aliphatic heterocycles.